The Labute approximate surface area is 149 Å². The number of rotatable bonds is 6. The van der Waals surface area contributed by atoms with Gasteiger partial charge in [-0.2, -0.15) is 42.1 Å². The van der Waals surface area contributed by atoms with Crippen molar-refractivity contribution in [2.75, 3.05) is 3.71 Å². The molecule has 0 radical (unpaired) electrons. The molecule has 0 aliphatic heterocycles. The van der Waals surface area contributed by atoms with Gasteiger partial charge in [-0.05, 0) is 12.1 Å². The van der Waals surface area contributed by atoms with Gasteiger partial charge in [0, 0.05) is 0 Å². The minimum absolute atomic E-state index is 0.477. The molecule has 1 aromatic carbocycles. The van der Waals surface area contributed by atoms with E-state index in [9.17, 15) is 61.5 Å². The van der Waals surface area contributed by atoms with Crippen LogP contribution >= 0.6 is 0 Å². The lowest BCUT2D eigenvalue weighted by Crippen LogP contribution is -2.33. The summed E-state index contributed by atoms with van der Waals surface area (Å²) < 4.78 is 173. The average molecular weight is 503 g/mol. The van der Waals surface area contributed by atoms with E-state index in [0.29, 0.717) is 0 Å². The Morgan fingerprint density at radius 2 is 0.926 bits per heavy atom. The van der Waals surface area contributed by atoms with Crippen molar-refractivity contribution in [3.05, 3.63) is 12.1 Å². The van der Waals surface area contributed by atoms with Crippen molar-refractivity contribution in [3.63, 3.8) is 0 Å². The van der Waals surface area contributed by atoms with Gasteiger partial charge >= 0.3 is 51.5 Å². The van der Waals surface area contributed by atoms with Crippen LogP contribution in [0.15, 0.2) is 26.8 Å². The van der Waals surface area contributed by atoms with E-state index in [1.165, 1.54) is 0 Å². The third kappa shape index (κ3) is 5.03. The van der Waals surface area contributed by atoms with Crippen LogP contribution in [0.3, 0.4) is 0 Å². The van der Waals surface area contributed by atoms with E-state index >= 15 is 0 Å². The summed E-state index contributed by atoms with van der Waals surface area (Å²) in [6, 6.07) is -0.989. The predicted octanol–water partition coefficient (Wildman–Crippen LogP) is -0.104. The van der Waals surface area contributed by atoms with Crippen LogP contribution in [0.25, 0.3) is 0 Å². The van der Waals surface area contributed by atoms with Crippen LogP contribution < -0.4 is 3.71 Å². The summed E-state index contributed by atoms with van der Waals surface area (Å²) in [5.74, 6) is 0. The van der Waals surface area contributed by atoms with Gasteiger partial charge in [-0.15, -0.1) is 15.4 Å². The van der Waals surface area contributed by atoms with E-state index in [2.05, 4.69) is 0 Å². The van der Waals surface area contributed by atoms with Crippen molar-refractivity contribution < 1.29 is 61.5 Å². The van der Waals surface area contributed by atoms with Crippen LogP contribution in [-0.4, -0.2) is 42.1 Å². The summed E-state index contributed by atoms with van der Waals surface area (Å²) in [5, 5.41) is 0. The molecular weight excluding hydrogens is 501 g/mol. The Balaban J connectivity index is 4.52. The fraction of sp³-hybridized carbons (Fsp3) is 0. The number of nitrogens with zero attached hydrogens (tertiary/aromatic N) is 1. The van der Waals surface area contributed by atoms with Gasteiger partial charge in [0.05, 0.1) is 5.69 Å². The van der Waals surface area contributed by atoms with Crippen LogP contribution in [0.5, 0.6) is 0 Å². The summed E-state index contributed by atoms with van der Waals surface area (Å²) in [5.41, 5.74) is -2.55. The molecule has 0 saturated heterocycles. The topological polar surface area (TPSA) is 174 Å². The Morgan fingerprint density at radius 1 is 0.556 bits per heavy atom. The minimum Gasteiger partial charge on any atom is -0.189 e. The van der Waals surface area contributed by atoms with Crippen molar-refractivity contribution >= 4 is 57.2 Å². The number of hydrogen-bond acceptors (Lipinski definition) is 10. The largest absolute Gasteiger partial charge is 0.414 e. The van der Waals surface area contributed by atoms with Crippen molar-refractivity contribution in [2.24, 2.45) is 0 Å². The average Bonchev–Trinajstić information content (AvgIpc) is 2.30. The maximum Gasteiger partial charge on any atom is 0.414 e. The SMILES string of the molecule is O=S(=O)(F)c1ccc(N(S(=O)(=O)F)S(=O)(=O)F)c(S(=O)(=O)F)c1S(=O)(=O)F. The molecule has 0 fully saturated rings. The molecule has 0 spiro atoms. The third-order valence-electron chi connectivity index (χ3n) is 2.40. The van der Waals surface area contributed by atoms with Crippen molar-refractivity contribution in [1.29, 1.82) is 0 Å². The van der Waals surface area contributed by atoms with Gasteiger partial charge in [0.15, 0.2) is 0 Å². The predicted molar refractivity (Wildman–Crippen MR) is 73.9 cm³/mol. The molecule has 0 amide bonds. The fourth-order valence-corrected chi connectivity index (χ4v) is 6.61. The first-order valence-electron chi connectivity index (χ1n) is 5.30. The molecule has 156 valence electrons. The van der Waals surface area contributed by atoms with Crippen LogP contribution in [0.4, 0.5) is 25.1 Å². The van der Waals surface area contributed by atoms with E-state index in [4.69, 9.17) is 0 Å². The number of halogens is 5. The fourth-order valence-electron chi connectivity index (χ4n) is 1.68. The molecule has 0 N–H and O–H groups in total. The summed E-state index contributed by atoms with van der Waals surface area (Å²) in [6.45, 7) is 0. The molecule has 0 aliphatic carbocycles. The van der Waals surface area contributed by atoms with Crippen molar-refractivity contribution in [3.8, 4) is 0 Å². The first-order valence-corrected chi connectivity index (χ1v) is 12.1. The minimum atomic E-state index is -6.89. The van der Waals surface area contributed by atoms with Gasteiger partial charge in [-0.3, -0.25) is 0 Å². The van der Waals surface area contributed by atoms with Gasteiger partial charge in [-0.25, -0.2) is 0 Å². The molecule has 11 nitrogen and oxygen atoms in total. The maximum absolute atomic E-state index is 13.4. The molecule has 0 aliphatic rings. The summed E-state index contributed by atoms with van der Waals surface area (Å²) in [6.07, 6.45) is 0. The number of hydrogen-bond donors (Lipinski definition) is 0. The Morgan fingerprint density at radius 3 is 1.19 bits per heavy atom. The third-order valence-corrected chi connectivity index (χ3v) is 7.59. The first-order chi connectivity index (χ1) is 11.6. The quantitative estimate of drug-likeness (QED) is 0.376. The Bertz CT molecular complexity index is 1300. The second-order valence-electron chi connectivity index (χ2n) is 4.14. The van der Waals surface area contributed by atoms with Gasteiger partial charge < -0.3 is 0 Å². The Kier molecular flexibility index (Phi) is 5.64. The second-order valence-corrected chi connectivity index (χ2v) is 10.6. The van der Waals surface area contributed by atoms with E-state index in [-0.39, 0.29) is 0 Å². The lowest BCUT2D eigenvalue weighted by molar-refractivity contribution is 0.523. The van der Waals surface area contributed by atoms with E-state index in [1.807, 2.05) is 0 Å². The molecule has 0 aromatic heterocycles. The molecule has 27 heavy (non-hydrogen) atoms. The summed E-state index contributed by atoms with van der Waals surface area (Å²) in [7, 11) is -33.8. The highest BCUT2D eigenvalue weighted by Gasteiger charge is 2.44. The molecule has 1 rings (SSSR count). The molecule has 21 heteroatoms. The zero-order valence-electron chi connectivity index (χ0n) is 11.6. The lowest BCUT2D eigenvalue weighted by Gasteiger charge is -2.18. The van der Waals surface area contributed by atoms with Crippen molar-refractivity contribution in [2.45, 2.75) is 14.7 Å². The lowest BCUT2D eigenvalue weighted by atomic mass is 10.3. The molecule has 1 aromatic rings. The zero-order chi connectivity index (χ0) is 21.8. The number of anilines is 1. The highest BCUT2D eigenvalue weighted by Crippen LogP contribution is 2.41. The standard InChI is InChI=1S/C6H2F5NO10S5/c7-23(13,14)4-2-1-3(12(26(10,19)20)27(11,21)22)5(24(8,15)16)6(4)25(9,17)18/h1-2H. The smallest absolute Gasteiger partial charge is 0.189 e. The van der Waals surface area contributed by atoms with E-state index in [0.717, 1.165) is 0 Å². The molecule has 0 unspecified atom stereocenters. The summed E-state index contributed by atoms with van der Waals surface area (Å²) >= 11 is 0. The molecule has 0 saturated carbocycles. The zero-order valence-corrected chi connectivity index (χ0v) is 15.7. The summed E-state index contributed by atoms with van der Waals surface area (Å²) in [4.78, 5) is -8.40. The van der Waals surface area contributed by atoms with E-state index in [1.54, 1.807) is 0 Å². The van der Waals surface area contributed by atoms with E-state index < -0.39 is 87.7 Å². The van der Waals surface area contributed by atoms with Crippen molar-refractivity contribution in [1.82, 2.24) is 0 Å². The molecule has 0 bridgehead atoms. The van der Waals surface area contributed by atoms with Crippen LogP contribution in [0.1, 0.15) is 0 Å². The molecular formula is C6H2F5NO10S5. The Hall–Kier alpha value is -1.58. The molecule has 0 heterocycles. The van der Waals surface area contributed by atoms with Crippen LogP contribution in [-0.2, 0) is 51.5 Å². The highest BCUT2D eigenvalue weighted by atomic mass is 32.3. The highest BCUT2D eigenvalue weighted by molar-refractivity contribution is 8.05. The second kappa shape index (κ2) is 6.49. The molecule has 0 atom stereocenters. The van der Waals surface area contributed by atoms with Crippen LogP contribution in [0, 0.1) is 0 Å². The van der Waals surface area contributed by atoms with Gasteiger partial charge in [0.25, 0.3) is 0 Å². The monoisotopic (exact) mass is 503 g/mol. The number of benzene rings is 1. The maximum atomic E-state index is 13.4. The van der Waals surface area contributed by atoms with Crippen LogP contribution in [0.2, 0.25) is 0 Å². The van der Waals surface area contributed by atoms with Gasteiger partial charge in [-0.1, -0.05) is 7.77 Å². The van der Waals surface area contributed by atoms with Gasteiger partial charge in [0.2, 0.25) is 0 Å². The van der Waals surface area contributed by atoms with Gasteiger partial charge in [0.1, 0.15) is 14.7 Å². The first kappa shape index (κ1) is 23.5. The normalized spacial score (nSPS) is 14.1.